The smallest absolute Gasteiger partial charge is 0.252 e. The summed E-state index contributed by atoms with van der Waals surface area (Å²) >= 11 is 1.12. The molecule has 0 aliphatic heterocycles. The lowest BCUT2D eigenvalue weighted by Crippen LogP contribution is -2.34. The van der Waals surface area contributed by atoms with Crippen molar-refractivity contribution in [2.45, 2.75) is 11.1 Å². The van der Waals surface area contributed by atoms with E-state index in [1.807, 2.05) is 6.92 Å². The first-order chi connectivity index (χ1) is 10.9. The van der Waals surface area contributed by atoms with Crippen molar-refractivity contribution >= 4 is 33.0 Å². The molecule has 1 heterocycles. The number of carbonyl (C=O) groups excluding carboxylic acids is 1. The third-order valence-electron chi connectivity index (χ3n) is 2.99. The third-order valence-corrected chi connectivity index (χ3v) is 6.16. The summed E-state index contributed by atoms with van der Waals surface area (Å²) in [7, 11) is -2.27. The number of hydrogen-bond acceptors (Lipinski definition) is 5. The predicted octanol–water partition coefficient (Wildman–Crippen LogP) is 2.41. The van der Waals surface area contributed by atoms with E-state index in [1.54, 1.807) is 35.7 Å². The molecular formula is C15H18N2O4S2. The number of rotatable bonds is 7. The number of anilines is 1. The number of amides is 1. The van der Waals surface area contributed by atoms with Crippen molar-refractivity contribution in [3.05, 3.63) is 41.8 Å². The molecule has 1 aromatic heterocycles. The number of carbonyl (C=O) groups is 1. The largest absolute Gasteiger partial charge is 0.492 e. The SMILES string of the molecule is CCOc1ccccc1NC(=O)CN(C)S(=O)(=O)c1cccs1. The van der Waals surface area contributed by atoms with Gasteiger partial charge in [-0.1, -0.05) is 18.2 Å². The maximum atomic E-state index is 12.3. The fourth-order valence-corrected chi connectivity index (χ4v) is 4.22. The van der Waals surface area contributed by atoms with Crippen LogP contribution in [0.5, 0.6) is 5.75 Å². The number of benzene rings is 1. The maximum Gasteiger partial charge on any atom is 0.252 e. The summed E-state index contributed by atoms with van der Waals surface area (Å²) in [6, 6.07) is 10.2. The molecule has 0 aliphatic rings. The number of para-hydroxylation sites is 2. The molecule has 0 saturated heterocycles. The van der Waals surface area contributed by atoms with E-state index >= 15 is 0 Å². The van der Waals surface area contributed by atoms with Gasteiger partial charge in [0.2, 0.25) is 5.91 Å². The predicted molar refractivity (Wildman–Crippen MR) is 90.4 cm³/mol. The van der Waals surface area contributed by atoms with E-state index in [0.29, 0.717) is 18.0 Å². The van der Waals surface area contributed by atoms with Crippen LogP contribution in [0.25, 0.3) is 0 Å². The molecule has 6 nitrogen and oxygen atoms in total. The van der Waals surface area contributed by atoms with Crippen LogP contribution in [-0.4, -0.2) is 38.8 Å². The second kappa shape index (κ2) is 7.58. The van der Waals surface area contributed by atoms with Gasteiger partial charge in [-0.2, -0.15) is 4.31 Å². The van der Waals surface area contributed by atoms with Crippen LogP contribution in [0.2, 0.25) is 0 Å². The van der Waals surface area contributed by atoms with Gasteiger partial charge in [-0.15, -0.1) is 11.3 Å². The second-order valence-electron chi connectivity index (χ2n) is 4.67. The quantitative estimate of drug-likeness (QED) is 0.828. The summed E-state index contributed by atoms with van der Waals surface area (Å²) in [6.07, 6.45) is 0. The van der Waals surface area contributed by atoms with Gasteiger partial charge >= 0.3 is 0 Å². The van der Waals surface area contributed by atoms with Gasteiger partial charge in [-0.05, 0) is 30.5 Å². The van der Waals surface area contributed by atoms with Gasteiger partial charge in [0.05, 0.1) is 18.8 Å². The number of nitrogens with zero attached hydrogens (tertiary/aromatic N) is 1. The monoisotopic (exact) mass is 354 g/mol. The Morgan fingerprint density at radius 3 is 2.65 bits per heavy atom. The van der Waals surface area contributed by atoms with Crippen LogP contribution < -0.4 is 10.1 Å². The zero-order chi connectivity index (χ0) is 16.9. The topological polar surface area (TPSA) is 75.7 Å². The molecule has 1 aromatic carbocycles. The van der Waals surface area contributed by atoms with Crippen LogP contribution in [0.4, 0.5) is 5.69 Å². The Morgan fingerprint density at radius 2 is 2.00 bits per heavy atom. The van der Waals surface area contributed by atoms with Crippen molar-refractivity contribution in [3.63, 3.8) is 0 Å². The highest BCUT2D eigenvalue weighted by Gasteiger charge is 2.24. The summed E-state index contributed by atoms with van der Waals surface area (Å²) in [6.45, 7) is 2.04. The van der Waals surface area contributed by atoms with Gasteiger partial charge < -0.3 is 10.1 Å². The van der Waals surface area contributed by atoms with E-state index in [9.17, 15) is 13.2 Å². The van der Waals surface area contributed by atoms with Gasteiger partial charge in [0.1, 0.15) is 9.96 Å². The molecule has 23 heavy (non-hydrogen) atoms. The number of hydrogen-bond donors (Lipinski definition) is 1. The Labute approximate surface area is 139 Å². The Kier molecular flexibility index (Phi) is 5.75. The standard InChI is InChI=1S/C15H18N2O4S2/c1-3-21-13-8-5-4-7-12(13)16-14(18)11-17(2)23(19,20)15-9-6-10-22-15/h4-10H,3,11H2,1-2H3,(H,16,18). The molecule has 0 spiro atoms. The molecule has 1 amide bonds. The third kappa shape index (κ3) is 4.31. The summed E-state index contributed by atoms with van der Waals surface area (Å²) in [5, 5.41) is 4.36. The van der Waals surface area contributed by atoms with E-state index in [4.69, 9.17) is 4.74 Å². The summed E-state index contributed by atoms with van der Waals surface area (Å²) in [5.74, 6) is 0.118. The molecular weight excluding hydrogens is 336 g/mol. The molecule has 0 atom stereocenters. The van der Waals surface area contributed by atoms with Crippen LogP contribution >= 0.6 is 11.3 Å². The summed E-state index contributed by atoms with van der Waals surface area (Å²) < 4.78 is 31.2. The number of likely N-dealkylation sites (N-methyl/N-ethyl adjacent to an activating group) is 1. The second-order valence-corrected chi connectivity index (χ2v) is 7.89. The van der Waals surface area contributed by atoms with Crippen LogP contribution in [-0.2, 0) is 14.8 Å². The number of thiophene rings is 1. The van der Waals surface area contributed by atoms with Gasteiger partial charge in [0, 0.05) is 7.05 Å². The minimum atomic E-state index is -3.64. The normalized spacial score (nSPS) is 11.4. The average molecular weight is 354 g/mol. The van der Waals surface area contributed by atoms with Crippen molar-refractivity contribution < 1.29 is 17.9 Å². The van der Waals surface area contributed by atoms with Crippen molar-refractivity contribution in [3.8, 4) is 5.75 Å². The minimum Gasteiger partial charge on any atom is -0.492 e. The van der Waals surface area contributed by atoms with Crippen molar-refractivity contribution in [2.24, 2.45) is 0 Å². The first-order valence-corrected chi connectivity index (χ1v) is 9.28. The van der Waals surface area contributed by atoms with Gasteiger partial charge in [0.25, 0.3) is 10.0 Å². The fourth-order valence-electron chi connectivity index (χ4n) is 1.89. The molecule has 0 unspecified atom stereocenters. The zero-order valence-corrected chi connectivity index (χ0v) is 14.5. The summed E-state index contributed by atoms with van der Waals surface area (Å²) in [4.78, 5) is 12.1. The first-order valence-electron chi connectivity index (χ1n) is 6.96. The molecule has 0 bridgehead atoms. The van der Waals surface area contributed by atoms with E-state index in [0.717, 1.165) is 15.6 Å². The average Bonchev–Trinajstić information content (AvgIpc) is 3.04. The van der Waals surface area contributed by atoms with Gasteiger partial charge in [-0.3, -0.25) is 4.79 Å². The molecule has 0 radical (unpaired) electrons. The lowest BCUT2D eigenvalue weighted by molar-refractivity contribution is -0.116. The highest BCUT2D eigenvalue weighted by atomic mass is 32.2. The van der Waals surface area contributed by atoms with Crippen molar-refractivity contribution in [2.75, 3.05) is 25.5 Å². The Morgan fingerprint density at radius 1 is 1.26 bits per heavy atom. The highest BCUT2D eigenvalue weighted by Crippen LogP contribution is 2.24. The van der Waals surface area contributed by atoms with E-state index in [1.165, 1.54) is 13.1 Å². The lowest BCUT2D eigenvalue weighted by atomic mass is 10.3. The highest BCUT2D eigenvalue weighted by molar-refractivity contribution is 7.91. The fraction of sp³-hybridized carbons (Fsp3) is 0.267. The van der Waals surface area contributed by atoms with Crippen molar-refractivity contribution in [1.82, 2.24) is 4.31 Å². The number of sulfonamides is 1. The van der Waals surface area contributed by atoms with E-state index < -0.39 is 15.9 Å². The van der Waals surface area contributed by atoms with Crippen LogP contribution in [0, 0.1) is 0 Å². The van der Waals surface area contributed by atoms with Crippen LogP contribution in [0.3, 0.4) is 0 Å². The van der Waals surface area contributed by atoms with E-state index in [2.05, 4.69) is 5.32 Å². The van der Waals surface area contributed by atoms with Crippen LogP contribution in [0.15, 0.2) is 46.0 Å². The van der Waals surface area contributed by atoms with E-state index in [-0.39, 0.29) is 10.8 Å². The molecule has 124 valence electrons. The molecule has 2 rings (SSSR count). The van der Waals surface area contributed by atoms with Gasteiger partial charge in [0.15, 0.2) is 0 Å². The first kappa shape index (κ1) is 17.5. The Hall–Kier alpha value is -1.90. The lowest BCUT2D eigenvalue weighted by Gasteiger charge is -2.16. The minimum absolute atomic E-state index is 0.211. The zero-order valence-electron chi connectivity index (χ0n) is 12.9. The number of ether oxygens (including phenoxy) is 1. The van der Waals surface area contributed by atoms with Crippen LogP contribution in [0.1, 0.15) is 6.92 Å². The molecule has 0 aliphatic carbocycles. The molecule has 0 fully saturated rings. The Bertz CT molecular complexity index is 758. The molecule has 0 saturated carbocycles. The summed E-state index contributed by atoms with van der Waals surface area (Å²) in [5.41, 5.74) is 0.515. The Balaban J connectivity index is 2.05. The molecule has 2 aromatic rings. The van der Waals surface area contributed by atoms with Gasteiger partial charge in [-0.25, -0.2) is 8.42 Å². The molecule has 1 N–H and O–H groups in total. The number of nitrogens with one attached hydrogen (secondary N) is 1. The van der Waals surface area contributed by atoms with Crippen molar-refractivity contribution in [1.29, 1.82) is 0 Å². The molecule has 8 heteroatoms. The maximum absolute atomic E-state index is 12.3.